The standard InChI is InChI=1S/C64H40N2S2/c1-3-15-43(16-4-1)65(47-35-37-53-57(39-47)49-19-7-9-21-51(49)61-55-23-11-13-25-59(55)67-63(53)61)45-31-27-41(28-32-45)42-29-33-46(34-30-42)66(44-17-5-2-6-18-44)48-36-38-54-58(40-48)50-20-8-10-22-52(50)62-56-24-12-14-26-60(56)68-64(54)62/h1-40H. The molecule has 0 bridgehead atoms. The normalized spacial score (nSPS) is 11.8. The largest absolute Gasteiger partial charge is 0.310 e. The SMILES string of the molecule is c1ccc(N(c2ccc(-c3ccc(N(c4ccccc4)c4ccc5c(c4)c4ccccc4c4c6ccccc6sc54)cc3)cc2)c2ccc3c(c2)c2ccccc2c2c4ccccc4sc32)cc1. The molecule has 0 unspecified atom stereocenters. The minimum Gasteiger partial charge on any atom is -0.310 e. The van der Waals surface area contributed by atoms with E-state index in [1.54, 1.807) is 0 Å². The maximum Gasteiger partial charge on any atom is 0.0468 e. The van der Waals surface area contributed by atoms with Gasteiger partial charge in [-0.1, -0.05) is 158 Å². The Bertz CT molecular complexity index is 3970. The molecule has 12 aromatic carbocycles. The number of hydrogen-bond donors (Lipinski definition) is 0. The van der Waals surface area contributed by atoms with Crippen LogP contribution in [0.5, 0.6) is 0 Å². The van der Waals surface area contributed by atoms with E-state index in [0.29, 0.717) is 0 Å². The molecule has 14 aromatic rings. The van der Waals surface area contributed by atoms with Crippen LogP contribution < -0.4 is 9.80 Å². The Morgan fingerprint density at radius 3 is 0.956 bits per heavy atom. The minimum atomic E-state index is 1.11. The number of nitrogens with zero attached hydrogens (tertiary/aromatic N) is 2. The van der Waals surface area contributed by atoms with Crippen molar-refractivity contribution in [3.63, 3.8) is 0 Å². The summed E-state index contributed by atoms with van der Waals surface area (Å²) in [7, 11) is 0. The molecule has 0 spiro atoms. The van der Waals surface area contributed by atoms with E-state index in [1.807, 2.05) is 22.7 Å². The van der Waals surface area contributed by atoms with Crippen LogP contribution in [0.3, 0.4) is 0 Å². The molecule has 2 heterocycles. The fourth-order valence-corrected chi connectivity index (χ4v) is 13.2. The summed E-state index contributed by atoms with van der Waals surface area (Å²) in [6.07, 6.45) is 0. The van der Waals surface area contributed by atoms with Crippen LogP contribution in [-0.4, -0.2) is 0 Å². The summed E-state index contributed by atoms with van der Waals surface area (Å²) in [5, 5.41) is 15.7. The molecule has 2 nitrogen and oxygen atoms in total. The molecule has 0 saturated heterocycles. The van der Waals surface area contributed by atoms with Gasteiger partial charge in [0.25, 0.3) is 0 Å². The lowest BCUT2D eigenvalue weighted by Crippen LogP contribution is -2.10. The average Bonchev–Trinajstić information content (AvgIpc) is 4.00. The Balaban J connectivity index is 0.842. The Labute approximate surface area is 401 Å². The maximum atomic E-state index is 2.39. The number of fused-ring (bicyclic) bond motifs is 16. The third-order valence-corrected chi connectivity index (χ3v) is 16.2. The number of thiophene rings is 2. The third-order valence-electron chi connectivity index (χ3n) is 13.8. The second-order valence-corrected chi connectivity index (χ2v) is 19.7. The van der Waals surface area contributed by atoms with Gasteiger partial charge in [0.1, 0.15) is 0 Å². The van der Waals surface area contributed by atoms with Gasteiger partial charge in [0.15, 0.2) is 0 Å². The van der Waals surface area contributed by atoms with E-state index in [9.17, 15) is 0 Å². The van der Waals surface area contributed by atoms with Crippen LogP contribution in [0.25, 0.3) is 94.6 Å². The van der Waals surface area contributed by atoms with E-state index in [4.69, 9.17) is 0 Å². The van der Waals surface area contributed by atoms with Crippen molar-refractivity contribution in [2.45, 2.75) is 0 Å². The van der Waals surface area contributed by atoms with Gasteiger partial charge < -0.3 is 9.80 Å². The van der Waals surface area contributed by atoms with Gasteiger partial charge in [0.05, 0.1) is 0 Å². The fourth-order valence-electron chi connectivity index (χ4n) is 10.7. The summed E-state index contributed by atoms with van der Waals surface area (Å²) >= 11 is 3.80. The number of hydrogen-bond acceptors (Lipinski definition) is 4. The van der Waals surface area contributed by atoms with Crippen LogP contribution in [0.4, 0.5) is 34.1 Å². The van der Waals surface area contributed by atoms with Crippen LogP contribution in [0.1, 0.15) is 0 Å². The fraction of sp³-hybridized carbons (Fsp3) is 0. The van der Waals surface area contributed by atoms with Crippen molar-refractivity contribution in [1.82, 2.24) is 0 Å². The molecule has 0 fully saturated rings. The molecule has 0 N–H and O–H groups in total. The summed E-state index contributed by atoms with van der Waals surface area (Å²) in [4.78, 5) is 4.76. The molecule has 4 heteroatoms. The van der Waals surface area contributed by atoms with Gasteiger partial charge in [0.2, 0.25) is 0 Å². The van der Waals surface area contributed by atoms with Crippen molar-refractivity contribution in [1.29, 1.82) is 0 Å². The Morgan fingerprint density at radius 2 is 0.544 bits per heavy atom. The van der Waals surface area contributed by atoms with Gasteiger partial charge in [-0.05, 0) is 128 Å². The van der Waals surface area contributed by atoms with Crippen LogP contribution in [-0.2, 0) is 0 Å². The van der Waals surface area contributed by atoms with E-state index in [1.165, 1.54) is 94.6 Å². The van der Waals surface area contributed by atoms with E-state index in [0.717, 1.165) is 34.1 Å². The van der Waals surface area contributed by atoms with Crippen molar-refractivity contribution in [2.24, 2.45) is 0 Å². The molecule has 0 atom stereocenters. The summed E-state index contributed by atoms with van der Waals surface area (Å²) < 4.78 is 5.34. The highest BCUT2D eigenvalue weighted by Crippen LogP contribution is 2.48. The molecule has 68 heavy (non-hydrogen) atoms. The van der Waals surface area contributed by atoms with Crippen LogP contribution in [0, 0.1) is 0 Å². The lowest BCUT2D eigenvalue weighted by Gasteiger charge is -2.27. The van der Waals surface area contributed by atoms with Gasteiger partial charge in [-0.3, -0.25) is 0 Å². The van der Waals surface area contributed by atoms with Crippen LogP contribution in [0.2, 0.25) is 0 Å². The summed E-state index contributed by atoms with van der Waals surface area (Å²) in [5.74, 6) is 0. The number of benzene rings is 12. The number of anilines is 6. The highest BCUT2D eigenvalue weighted by molar-refractivity contribution is 7.27. The zero-order chi connectivity index (χ0) is 44.7. The Kier molecular flexibility index (Phi) is 8.98. The van der Waals surface area contributed by atoms with E-state index >= 15 is 0 Å². The first kappa shape index (κ1) is 38.9. The topological polar surface area (TPSA) is 6.48 Å². The lowest BCUT2D eigenvalue weighted by molar-refractivity contribution is 1.29. The number of rotatable bonds is 7. The molecule has 0 amide bonds. The summed E-state index contributed by atoms with van der Waals surface area (Å²) in [6.45, 7) is 0. The smallest absolute Gasteiger partial charge is 0.0468 e. The second-order valence-electron chi connectivity index (χ2n) is 17.6. The highest BCUT2D eigenvalue weighted by atomic mass is 32.1. The second kappa shape index (κ2) is 15.7. The highest BCUT2D eigenvalue weighted by Gasteiger charge is 2.20. The molecule has 0 aliphatic heterocycles. The van der Waals surface area contributed by atoms with Gasteiger partial charge in [0, 0.05) is 85.2 Å². The van der Waals surface area contributed by atoms with E-state index in [2.05, 4.69) is 252 Å². The molecule has 0 aliphatic rings. The van der Waals surface area contributed by atoms with Crippen molar-refractivity contribution in [2.75, 3.05) is 9.80 Å². The summed E-state index contributed by atoms with van der Waals surface area (Å²) in [6, 6.07) is 89.1. The Morgan fingerprint density at radius 1 is 0.221 bits per heavy atom. The van der Waals surface area contributed by atoms with Crippen molar-refractivity contribution >= 4 is 140 Å². The van der Waals surface area contributed by atoms with E-state index in [-0.39, 0.29) is 0 Å². The van der Waals surface area contributed by atoms with Crippen LogP contribution >= 0.6 is 22.7 Å². The molecule has 14 rings (SSSR count). The zero-order valence-corrected chi connectivity index (χ0v) is 38.4. The maximum absolute atomic E-state index is 2.39. The quantitative estimate of drug-likeness (QED) is 0.147. The van der Waals surface area contributed by atoms with Crippen molar-refractivity contribution in [3.05, 3.63) is 243 Å². The molecule has 0 radical (unpaired) electrons. The third kappa shape index (κ3) is 6.15. The molecular weight excluding hydrogens is 861 g/mol. The van der Waals surface area contributed by atoms with Gasteiger partial charge in [-0.2, -0.15) is 0 Å². The first-order chi connectivity index (χ1) is 33.7. The van der Waals surface area contributed by atoms with Crippen molar-refractivity contribution < 1.29 is 0 Å². The predicted molar refractivity (Wildman–Crippen MR) is 297 cm³/mol. The molecule has 0 aliphatic carbocycles. The molecular formula is C64H40N2S2. The molecule has 0 saturated carbocycles. The number of para-hydroxylation sites is 2. The van der Waals surface area contributed by atoms with Gasteiger partial charge in [-0.15, -0.1) is 22.7 Å². The van der Waals surface area contributed by atoms with Gasteiger partial charge in [-0.25, -0.2) is 0 Å². The van der Waals surface area contributed by atoms with Crippen molar-refractivity contribution in [3.8, 4) is 11.1 Å². The Hall–Kier alpha value is -8.28. The molecule has 2 aromatic heterocycles. The average molecular weight is 901 g/mol. The van der Waals surface area contributed by atoms with Crippen LogP contribution in [0.15, 0.2) is 243 Å². The lowest BCUT2D eigenvalue weighted by atomic mass is 9.96. The first-order valence-corrected chi connectivity index (χ1v) is 24.8. The van der Waals surface area contributed by atoms with Gasteiger partial charge >= 0.3 is 0 Å². The monoisotopic (exact) mass is 900 g/mol. The predicted octanol–water partition coefficient (Wildman–Crippen LogP) is 19.6. The first-order valence-electron chi connectivity index (χ1n) is 23.2. The van der Waals surface area contributed by atoms with E-state index < -0.39 is 0 Å². The minimum absolute atomic E-state index is 1.11. The molecule has 318 valence electrons. The zero-order valence-electron chi connectivity index (χ0n) is 36.8. The summed E-state index contributed by atoms with van der Waals surface area (Å²) in [5.41, 5.74) is 9.04.